The van der Waals surface area contributed by atoms with Crippen LogP contribution in [0.15, 0.2) is 174 Å². The topological polar surface area (TPSA) is 6.48 Å². The number of hydrogen-bond donors (Lipinski definition) is 0. The molecule has 53 heavy (non-hydrogen) atoms. The van der Waals surface area contributed by atoms with Crippen LogP contribution in [-0.4, -0.2) is 0 Å². The van der Waals surface area contributed by atoms with Crippen LogP contribution in [0.1, 0.15) is 44.1 Å². The van der Waals surface area contributed by atoms with Crippen molar-refractivity contribution >= 4 is 56.7 Å². The first-order valence-corrected chi connectivity index (χ1v) is 20.2. The summed E-state index contributed by atoms with van der Waals surface area (Å²) in [6, 6.07) is 60.9. The number of rotatable bonds is 6. The SMILES string of the molecule is c1ccc2c(c1)Sc1ccccc1N2c1ccc(N(c2ccc(-c3cccc4ccccc34)cc2)c2ccc(C34CC5CC(CC(C5)C3)C4)cc2)cc1. The highest BCUT2D eigenvalue weighted by Crippen LogP contribution is 2.61. The van der Waals surface area contributed by atoms with E-state index in [1.807, 2.05) is 11.8 Å². The molecule has 4 aliphatic carbocycles. The van der Waals surface area contributed by atoms with Crippen LogP contribution in [0.3, 0.4) is 0 Å². The lowest BCUT2D eigenvalue weighted by molar-refractivity contribution is -0.00518. The van der Waals surface area contributed by atoms with Gasteiger partial charge in [0.1, 0.15) is 0 Å². The van der Waals surface area contributed by atoms with Crippen LogP contribution in [0.2, 0.25) is 0 Å². The Bertz CT molecular complexity index is 2380. The molecule has 3 heteroatoms. The van der Waals surface area contributed by atoms with E-state index in [0.717, 1.165) is 34.8 Å². The number of anilines is 6. The second-order valence-corrected chi connectivity index (χ2v) is 17.1. The number of benzene rings is 7. The van der Waals surface area contributed by atoms with Gasteiger partial charge in [-0.1, -0.05) is 103 Å². The van der Waals surface area contributed by atoms with Gasteiger partial charge in [0.25, 0.3) is 0 Å². The van der Waals surface area contributed by atoms with Gasteiger partial charge >= 0.3 is 0 Å². The molecule has 0 radical (unpaired) electrons. The third kappa shape index (κ3) is 5.31. The molecule has 7 aromatic rings. The average Bonchev–Trinajstić information content (AvgIpc) is 3.20. The zero-order valence-corrected chi connectivity index (χ0v) is 30.7. The first-order valence-electron chi connectivity index (χ1n) is 19.4. The summed E-state index contributed by atoms with van der Waals surface area (Å²) in [5.74, 6) is 2.82. The number of hydrogen-bond acceptors (Lipinski definition) is 3. The summed E-state index contributed by atoms with van der Waals surface area (Å²) in [7, 11) is 0. The van der Waals surface area contributed by atoms with Crippen molar-refractivity contribution in [3.63, 3.8) is 0 Å². The van der Waals surface area contributed by atoms with E-state index < -0.39 is 0 Å². The molecular weight excluding hydrogens is 661 g/mol. The standard InChI is InChI=1S/C50H42N2S/c1-2-10-44-37(8-1)9-7-11-45(44)38-16-20-40(21-17-38)51(41-22-18-39(19-23-41)50-31-34-28-35(32-50)30-36(29-34)33-50)42-24-26-43(27-25-42)52-46-12-3-5-14-48(46)53-49-15-6-4-13-47(49)52/h1-27,34-36H,28-33H2. The van der Waals surface area contributed by atoms with Gasteiger partial charge in [-0.2, -0.15) is 0 Å². The fraction of sp³-hybridized carbons (Fsp3) is 0.200. The van der Waals surface area contributed by atoms with E-state index in [0.29, 0.717) is 5.41 Å². The van der Waals surface area contributed by atoms with E-state index in [9.17, 15) is 0 Å². The zero-order chi connectivity index (χ0) is 34.9. The van der Waals surface area contributed by atoms with Gasteiger partial charge in [0.2, 0.25) is 0 Å². The molecule has 258 valence electrons. The lowest BCUT2D eigenvalue weighted by Gasteiger charge is -2.57. The molecule has 0 amide bonds. The van der Waals surface area contributed by atoms with E-state index in [2.05, 4.69) is 174 Å². The predicted octanol–water partition coefficient (Wildman–Crippen LogP) is 14.4. The van der Waals surface area contributed by atoms with Gasteiger partial charge in [-0.3, -0.25) is 0 Å². The number of para-hydroxylation sites is 2. The van der Waals surface area contributed by atoms with Crippen LogP contribution in [0, 0.1) is 17.8 Å². The second-order valence-electron chi connectivity index (χ2n) is 16.0. The molecule has 0 aromatic heterocycles. The highest BCUT2D eigenvalue weighted by molar-refractivity contribution is 7.99. The minimum Gasteiger partial charge on any atom is -0.311 e. The highest BCUT2D eigenvalue weighted by atomic mass is 32.2. The Labute approximate surface area is 317 Å². The van der Waals surface area contributed by atoms with Crippen molar-refractivity contribution in [1.82, 2.24) is 0 Å². The molecule has 7 aromatic carbocycles. The van der Waals surface area contributed by atoms with Crippen molar-refractivity contribution in [2.45, 2.75) is 53.7 Å². The Morgan fingerprint density at radius 3 is 1.62 bits per heavy atom. The van der Waals surface area contributed by atoms with E-state index >= 15 is 0 Å². The summed E-state index contributed by atoms with van der Waals surface area (Å²) < 4.78 is 0. The van der Waals surface area contributed by atoms with Gasteiger partial charge in [-0.25, -0.2) is 0 Å². The average molecular weight is 703 g/mol. The fourth-order valence-corrected chi connectivity index (χ4v) is 11.9. The Balaban J connectivity index is 0.984. The van der Waals surface area contributed by atoms with Crippen LogP contribution < -0.4 is 9.80 Å². The quantitative estimate of drug-likeness (QED) is 0.170. The van der Waals surface area contributed by atoms with Crippen LogP contribution in [0.25, 0.3) is 21.9 Å². The normalized spacial score (nSPS) is 22.4. The third-order valence-corrected chi connectivity index (χ3v) is 13.9. The second kappa shape index (κ2) is 12.4. The fourth-order valence-electron chi connectivity index (χ4n) is 10.9. The smallest absolute Gasteiger partial charge is 0.0601 e. The molecular formula is C50H42N2S. The van der Waals surface area contributed by atoms with E-state index in [1.165, 1.54) is 87.3 Å². The Morgan fingerprint density at radius 1 is 0.491 bits per heavy atom. The summed E-state index contributed by atoms with van der Waals surface area (Å²) >= 11 is 1.85. The van der Waals surface area contributed by atoms with Gasteiger partial charge in [-0.15, -0.1) is 0 Å². The monoisotopic (exact) mass is 702 g/mol. The summed E-state index contributed by atoms with van der Waals surface area (Å²) in [6.07, 6.45) is 8.59. The molecule has 0 N–H and O–H groups in total. The van der Waals surface area contributed by atoms with Crippen molar-refractivity contribution in [3.8, 4) is 11.1 Å². The minimum absolute atomic E-state index is 0.388. The highest BCUT2D eigenvalue weighted by Gasteiger charge is 2.51. The van der Waals surface area contributed by atoms with Gasteiger partial charge in [0.15, 0.2) is 0 Å². The largest absolute Gasteiger partial charge is 0.311 e. The molecule has 0 spiro atoms. The Morgan fingerprint density at radius 2 is 1.00 bits per heavy atom. The van der Waals surface area contributed by atoms with Crippen molar-refractivity contribution < 1.29 is 0 Å². The van der Waals surface area contributed by atoms with Crippen molar-refractivity contribution in [2.24, 2.45) is 17.8 Å². The number of fused-ring (bicyclic) bond motifs is 3. The lowest BCUT2D eigenvalue weighted by atomic mass is 9.48. The van der Waals surface area contributed by atoms with Gasteiger partial charge in [0, 0.05) is 32.5 Å². The van der Waals surface area contributed by atoms with Crippen LogP contribution in [-0.2, 0) is 5.41 Å². The molecule has 5 aliphatic rings. The Kier molecular flexibility index (Phi) is 7.33. The van der Waals surface area contributed by atoms with Gasteiger partial charge in [-0.05, 0) is 162 Å². The summed E-state index contributed by atoms with van der Waals surface area (Å²) in [6.45, 7) is 0. The number of nitrogens with zero attached hydrogens (tertiary/aromatic N) is 2. The van der Waals surface area contributed by atoms with Crippen LogP contribution in [0.5, 0.6) is 0 Å². The summed E-state index contributed by atoms with van der Waals surface area (Å²) in [5, 5.41) is 2.56. The maximum atomic E-state index is 2.48. The summed E-state index contributed by atoms with van der Waals surface area (Å²) in [5.41, 5.74) is 11.6. The van der Waals surface area contributed by atoms with E-state index in [4.69, 9.17) is 0 Å². The maximum Gasteiger partial charge on any atom is 0.0601 e. The van der Waals surface area contributed by atoms with E-state index in [1.54, 1.807) is 5.56 Å². The third-order valence-electron chi connectivity index (χ3n) is 12.8. The molecule has 4 bridgehead atoms. The molecule has 4 saturated carbocycles. The molecule has 12 rings (SSSR count). The first kappa shape index (κ1) is 31.3. The molecule has 1 heterocycles. The molecule has 0 atom stereocenters. The van der Waals surface area contributed by atoms with Crippen molar-refractivity contribution in [1.29, 1.82) is 0 Å². The van der Waals surface area contributed by atoms with Crippen LogP contribution >= 0.6 is 11.8 Å². The molecule has 1 aliphatic heterocycles. The molecule has 0 saturated heterocycles. The van der Waals surface area contributed by atoms with Crippen LogP contribution in [0.4, 0.5) is 34.1 Å². The molecule has 0 unspecified atom stereocenters. The van der Waals surface area contributed by atoms with Gasteiger partial charge < -0.3 is 9.80 Å². The van der Waals surface area contributed by atoms with Crippen molar-refractivity contribution in [2.75, 3.05) is 9.80 Å². The maximum absolute atomic E-state index is 2.48. The predicted molar refractivity (Wildman–Crippen MR) is 223 cm³/mol. The Hall–Kier alpha value is -5.25. The minimum atomic E-state index is 0.388. The zero-order valence-electron chi connectivity index (χ0n) is 29.9. The molecule has 2 nitrogen and oxygen atoms in total. The molecule has 4 fully saturated rings. The van der Waals surface area contributed by atoms with Crippen molar-refractivity contribution in [3.05, 3.63) is 169 Å². The first-order chi connectivity index (χ1) is 26.2. The van der Waals surface area contributed by atoms with E-state index in [-0.39, 0.29) is 0 Å². The lowest BCUT2D eigenvalue weighted by Crippen LogP contribution is -2.48. The summed E-state index contributed by atoms with van der Waals surface area (Å²) in [4.78, 5) is 7.41. The van der Waals surface area contributed by atoms with Gasteiger partial charge in [0.05, 0.1) is 11.4 Å².